The Kier molecular flexibility index (Phi) is 3.16. The third-order valence-corrected chi connectivity index (χ3v) is 5.44. The van der Waals surface area contributed by atoms with Crippen molar-refractivity contribution in [3.8, 4) is 10.4 Å². The molecule has 1 atom stereocenters. The van der Waals surface area contributed by atoms with Crippen LogP contribution in [0, 0.1) is 0 Å². The highest BCUT2D eigenvalue weighted by atomic mass is 32.1. The summed E-state index contributed by atoms with van der Waals surface area (Å²) in [6.07, 6.45) is 13.6. The number of rotatable bonds is 3. The van der Waals surface area contributed by atoms with Gasteiger partial charge in [0.25, 0.3) is 0 Å². The second kappa shape index (κ2) is 5.16. The molecule has 4 rings (SSSR count). The van der Waals surface area contributed by atoms with Gasteiger partial charge in [-0.25, -0.2) is 0 Å². The standard InChI is InChI=1S/C20H18S/c1-2-5-17-9-11-20(21-17)15-8-10-19-16(13-15)12-14-6-3-4-7-18(14)19/h3-4,6-13,18H,2,5H2,1H3. The van der Waals surface area contributed by atoms with E-state index in [-0.39, 0.29) is 0 Å². The van der Waals surface area contributed by atoms with Crippen LogP contribution in [-0.2, 0) is 6.42 Å². The first-order valence-corrected chi connectivity index (χ1v) is 8.46. The molecule has 1 heterocycles. The van der Waals surface area contributed by atoms with E-state index in [0.29, 0.717) is 5.92 Å². The van der Waals surface area contributed by atoms with E-state index in [9.17, 15) is 0 Å². The highest BCUT2D eigenvalue weighted by molar-refractivity contribution is 7.15. The van der Waals surface area contributed by atoms with Crippen molar-refractivity contribution in [1.82, 2.24) is 0 Å². The topological polar surface area (TPSA) is 0 Å². The summed E-state index contributed by atoms with van der Waals surface area (Å²) in [7, 11) is 0. The van der Waals surface area contributed by atoms with E-state index in [0.717, 1.165) is 0 Å². The second-order valence-electron chi connectivity index (χ2n) is 5.73. The average Bonchev–Trinajstić information content (AvgIpc) is 3.11. The van der Waals surface area contributed by atoms with Gasteiger partial charge in [0.05, 0.1) is 0 Å². The Morgan fingerprint density at radius 3 is 2.95 bits per heavy atom. The molecule has 0 spiro atoms. The lowest BCUT2D eigenvalue weighted by Crippen LogP contribution is -1.95. The molecule has 0 saturated heterocycles. The zero-order chi connectivity index (χ0) is 14.2. The Bertz CT molecular complexity index is 771. The fourth-order valence-electron chi connectivity index (χ4n) is 3.21. The van der Waals surface area contributed by atoms with Crippen LogP contribution in [0.3, 0.4) is 0 Å². The minimum Gasteiger partial charge on any atom is -0.140 e. The first-order valence-electron chi connectivity index (χ1n) is 7.64. The predicted molar refractivity (Wildman–Crippen MR) is 92.7 cm³/mol. The molecule has 1 unspecified atom stereocenters. The molecule has 0 nitrogen and oxygen atoms in total. The molecule has 2 aromatic rings. The van der Waals surface area contributed by atoms with Gasteiger partial charge in [0.1, 0.15) is 0 Å². The summed E-state index contributed by atoms with van der Waals surface area (Å²) in [4.78, 5) is 2.88. The lowest BCUT2D eigenvalue weighted by Gasteiger charge is -2.12. The quantitative estimate of drug-likeness (QED) is 0.653. The number of allylic oxidation sites excluding steroid dienone is 5. The minimum absolute atomic E-state index is 0.470. The molecule has 0 amide bonds. The highest BCUT2D eigenvalue weighted by Crippen LogP contribution is 2.41. The molecule has 2 aliphatic rings. The fourth-order valence-corrected chi connectivity index (χ4v) is 4.31. The monoisotopic (exact) mass is 290 g/mol. The van der Waals surface area contributed by atoms with E-state index < -0.39 is 0 Å². The summed E-state index contributed by atoms with van der Waals surface area (Å²) in [6, 6.07) is 11.5. The highest BCUT2D eigenvalue weighted by Gasteiger charge is 2.22. The van der Waals surface area contributed by atoms with Crippen LogP contribution in [0.15, 0.2) is 60.2 Å². The largest absolute Gasteiger partial charge is 0.140 e. The fraction of sp³-hybridized carbons (Fsp3) is 0.200. The van der Waals surface area contributed by atoms with Crippen LogP contribution in [0.4, 0.5) is 0 Å². The Balaban J connectivity index is 1.71. The normalized spacial score (nSPS) is 18.5. The summed E-state index contributed by atoms with van der Waals surface area (Å²) >= 11 is 1.93. The molecule has 104 valence electrons. The van der Waals surface area contributed by atoms with Crippen LogP contribution in [0.5, 0.6) is 0 Å². The molecule has 0 N–H and O–H groups in total. The molecule has 0 fully saturated rings. The Morgan fingerprint density at radius 1 is 1.10 bits per heavy atom. The zero-order valence-electron chi connectivity index (χ0n) is 12.2. The van der Waals surface area contributed by atoms with E-state index >= 15 is 0 Å². The maximum absolute atomic E-state index is 2.35. The van der Waals surface area contributed by atoms with E-state index in [1.165, 1.54) is 44.9 Å². The third-order valence-electron chi connectivity index (χ3n) is 4.25. The summed E-state index contributed by atoms with van der Waals surface area (Å²) in [6.45, 7) is 2.24. The van der Waals surface area contributed by atoms with Crippen LogP contribution in [0.25, 0.3) is 16.5 Å². The van der Waals surface area contributed by atoms with Gasteiger partial charge in [0, 0.05) is 15.7 Å². The van der Waals surface area contributed by atoms with Gasteiger partial charge >= 0.3 is 0 Å². The molecule has 0 saturated carbocycles. The summed E-state index contributed by atoms with van der Waals surface area (Å²) in [5.74, 6) is 0.470. The molecule has 1 aromatic heterocycles. The maximum atomic E-state index is 2.35. The molecular formula is C20H18S. The van der Waals surface area contributed by atoms with E-state index in [1.807, 2.05) is 11.3 Å². The van der Waals surface area contributed by atoms with Crippen molar-refractivity contribution in [3.05, 3.63) is 76.2 Å². The van der Waals surface area contributed by atoms with Crippen molar-refractivity contribution < 1.29 is 0 Å². The SMILES string of the molecule is CCCc1ccc(-c2ccc3c(c2)C=C2C=CC=CC23)s1. The van der Waals surface area contributed by atoms with Gasteiger partial charge in [0.15, 0.2) is 0 Å². The van der Waals surface area contributed by atoms with Crippen molar-refractivity contribution in [2.24, 2.45) is 0 Å². The number of thiophene rings is 1. The second-order valence-corrected chi connectivity index (χ2v) is 6.89. The first kappa shape index (κ1) is 12.8. The Morgan fingerprint density at radius 2 is 2.05 bits per heavy atom. The molecule has 0 aliphatic heterocycles. The zero-order valence-corrected chi connectivity index (χ0v) is 13.0. The lowest BCUT2D eigenvalue weighted by atomic mass is 9.92. The van der Waals surface area contributed by atoms with E-state index in [1.54, 1.807) is 0 Å². The van der Waals surface area contributed by atoms with Crippen molar-refractivity contribution in [2.75, 3.05) is 0 Å². The average molecular weight is 290 g/mol. The van der Waals surface area contributed by atoms with Crippen molar-refractivity contribution in [2.45, 2.75) is 25.7 Å². The Labute approximate surface area is 130 Å². The van der Waals surface area contributed by atoms with Gasteiger partial charge in [-0.2, -0.15) is 0 Å². The molecule has 2 aliphatic carbocycles. The number of hydrogen-bond donors (Lipinski definition) is 0. The maximum Gasteiger partial charge on any atom is 0.0345 e. The van der Waals surface area contributed by atoms with Gasteiger partial charge in [-0.05, 0) is 46.9 Å². The molecule has 0 bridgehead atoms. The van der Waals surface area contributed by atoms with Gasteiger partial charge in [-0.1, -0.05) is 55.9 Å². The summed E-state index contributed by atoms with van der Waals surface area (Å²) in [5, 5.41) is 0. The van der Waals surface area contributed by atoms with Gasteiger partial charge < -0.3 is 0 Å². The van der Waals surface area contributed by atoms with Crippen molar-refractivity contribution >= 4 is 17.4 Å². The summed E-state index contributed by atoms with van der Waals surface area (Å²) < 4.78 is 0. The van der Waals surface area contributed by atoms with Crippen LogP contribution < -0.4 is 0 Å². The molecule has 1 aromatic carbocycles. The number of hydrogen-bond acceptors (Lipinski definition) is 1. The van der Waals surface area contributed by atoms with Crippen LogP contribution in [0.1, 0.15) is 35.3 Å². The van der Waals surface area contributed by atoms with Gasteiger partial charge in [0.2, 0.25) is 0 Å². The van der Waals surface area contributed by atoms with Crippen LogP contribution in [-0.4, -0.2) is 0 Å². The van der Waals surface area contributed by atoms with Crippen LogP contribution in [0.2, 0.25) is 0 Å². The minimum atomic E-state index is 0.470. The molecule has 21 heavy (non-hydrogen) atoms. The number of benzene rings is 1. The molecule has 0 radical (unpaired) electrons. The van der Waals surface area contributed by atoms with Crippen molar-refractivity contribution in [3.63, 3.8) is 0 Å². The predicted octanol–water partition coefficient (Wildman–Crippen LogP) is 5.97. The summed E-state index contributed by atoms with van der Waals surface area (Å²) in [5.41, 5.74) is 5.60. The lowest BCUT2D eigenvalue weighted by molar-refractivity contribution is 0.940. The number of fused-ring (bicyclic) bond motifs is 3. The molecular weight excluding hydrogens is 272 g/mol. The van der Waals surface area contributed by atoms with Crippen molar-refractivity contribution in [1.29, 1.82) is 0 Å². The van der Waals surface area contributed by atoms with Gasteiger partial charge in [-0.3, -0.25) is 0 Å². The van der Waals surface area contributed by atoms with E-state index in [4.69, 9.17) is 0 Å². The van der Waals surface area contributed by atoms with Gasteiger partial charge in [-0.15, -0.1) is 11.3 Å². The molecule has 1 heteroatoms. The Hall–Kier alpha value is -1.86. The first-order chi connectivity index (χ1) is 10.3. The van der Waals surface area contributed by atoms with Crippen LogP contribution >= 0.6 is 11.3 Å². The van der Waals surface area contributed by atoms with E-state index in [2.05, 4.69) is 67.6 Å². The third kappa shape index (κ3) is 2.22. The smallest absolute Gasteiger partial charge is 0.0345 e. The number of aryl methyl sites for hydroxylation is 1.